The Morgan fingerprint density at radius 3 is 2.61 bits per heavy atom. The van der Waals surface area contributed by atoms with Crippen molar-refractivity contribution < 1.29 is 4.39 Å². The molecule has 0 heterocycles. The molecule has 0 saturated carbocycles. The molecule has 2 rings (SSSR count). The number of nitriles is 1. The Hall–Kier alpha value is -2.11. The molecule has 0 bridgehead atoms. The fourth-order valence-electron chi connectivity index (χ4n) is 1.61. The second-order valence-corrected chi connectivity index (χ2v) is 4.11. The maximum Gasteiger partial charge on any atom is 0.123 e. The van der Waals surface area contributed by atoms with E-state index in [1.807, 2.05) is 0 Å². The molecule has 0 amide bonds. The number of hydrogen-bond acceptors (Lipinski definition) is 1. The van der Waals surface area contributed by atoms with Gasteiger partial charge >= 0.3 is 0 Å². The predicted octanol–water partition coefficient (Wildman–Crippen LogP) is 4.54. The smallest absolute Gasteiger partial charge is 0.123 e. The topological polar surface area (TPSA) is 23.8 Å². The summed E-state index contributed by atoms with van der Waals surface area (Å²) in [7, 11) is 0. The van der Waals surface area contributed by atoms with Gasteiger partial charge in [-0.3, -0.25) is 0 Å². The summed E-state index contributed by atoms with van der Waals surface area (Å²) in [5.74, 6) is -0.333. The fraction of sp³-hybridized carbons (Fsp3) is 0. The zero-order valence-electron chi connectivity index (χ0n) is 9.40. The van der Waals surface area contributed by atoms with E-state index in [0.29, 0.717) is 21.7 Å². The van der Waals surface area contributed by atoms with E-state index in [1.165, 1.54) is 12.1 Å². The Labute approximate surface area is 110 Å². The van der Waals surface area contributed by atoms with E-state index >= 15 is 0 Å². The third-order valence-electron chi connectivity index (χ3n) is 2.44. The van der Waals surface area contributed by atoms with Crippen LogP contribution in [0.3, 0.4) is 0 Å². The largest absolute Gasteiger partial charge is 0.207 e. The van der Waals surface area contributed by atoms with Crippen LogP contribution in [0.15, 0.2) is 48.5 Å². The molecule has 2 aromatic rings. The highest BCUT2D eigenvalue weighted by atomic mass is 35.5. The first kappa shape index (κ1) is 12.3. The minimum atomic E-state index is -0.333. The first-order valence-electron chi connectivity index (χ1n) is 5.33. The predicted molar refractivity (Wildman–Crippen MR) is 71.3 cm³/mol. The van der Waals surface area contributed by atoms with Crippen molar-refractivity contribution in [1.29, 1.82) is 5.26 Å². The second kappa shape index (κ2) is 5.48. The summed E-state index contributed by atoms with van der Waals surface area (Å²) in [4.78, 5) is 0. The average Bonchev–Trinajstić information content (AvgIpc) is 2.37. The second-order valence-electron chi connectivity index (χ2n) is 3.70. The molecule has 88 valence electrons. The van der Waals surface area contributed by atoms with Crippen molar-refractivity contribution in [3.63, 3.8) is 0 Å². The van der Waals surface area contributed by atoms with Gasteiger partial charge in [-0.25, -0.2) is 4.39 Å². The molecule has 2 aromatic carbocycles. The van der Waals surface area contributed by atoms with Crippen molar-refractivity contribution in [1.82, 2.24) is 0 Å². The van der Waals surface area contributed by atoms with Crippen molar-refractivity contribution in [2.24, 2.45) is 0 Å². The molecule has 1 nitrogen and oxygen atoms in total. The zero-order valence-corrected chi connectivity index (χ0v) is 10.2. The molecule has 18 heavy (non-hydrogen) atoms. The van der Waals surface area contributed by atoms with Crippen LogP contribution in [0.5, 0.6) is 0 Å². The van der Waals surface area contributed by atoms with E-state index in [0.717, 1.165) is 0 Å². The monoisotopic (exact) mass is 257 g/mol. The molecule has 0 spiro atoms. The number of allylic oxidation sites excluding steroid dienone is 1. The Kier molecular flexibility index (Phi) is 3.76. The normalized spacial score (nSPS) is 11.1. The molecule has 0 fully saturated rings. The summed E-state index contributed by atoms with van der Waals surface area (Å²) in [5.41, 5.74) is 1.68. The third kappa shape index (κ3) is 2.77. The van der Waals surface area contributed by atoms with Crippen molar-refractivity contribution in [2.45, 2.75) is 0 Å². The molecule has 0 aliphatic carbocycles. The van der Waals surface area contributed by atoms with Crippen LogP contribution in [-0.4, -0.2) is 0 Å². The van der Waals surface area contributed by atoms with Crippen LogP contribution < -0.4 is 0 Å². The standard InChI is InChI=1S/C15H9ClFN/c16-15-7-2-1-6-14(15)12(10-18)8-11-4-3-5-13(17)9-11/h1-9H. The van der Waals surface area contributed by atoms with Gasteiger partial charge in [0.25, 0.3) is 0 Å². The minimum Gasteiger partial charge on any atom is -0.207 e. The van der Waals surface area contributed by atoms with Crippen LogP contribution >= 0.6 is 11.6 Å². The molecule has 0 atom stereocenters. The molecule has 0 aromatic heterocycles. The molecule has 0 aliphatic heterocycles. The van der Waals surface area contributed by atoms with Crippen LogP contribution in [0.25, 0.3) is 11.6 Å². The lowest BCUT2D eigenvalue weighted by Gasteiger charge is -2.02. The minimum absolute atomic E-state index is 0.333. The molecule has 0 aliphatic rings. The highest BCUT2D eigenvalue weighted by molar-refractivity contribution is 6.32. The van der Waals surface area contributed by atoms with Crippen molar-refractivity contribution in [3.8, 4) is 6.07 Å². The average molecular weight is 258 g/mol. The highest BCUT2D eigenvalue weighted by Crippen LogP contribution is 2.25. The van der Waals surface area contributed by atoms with E-state index in [2.05, 4.69) is 6.07 Å². The van der Waals surface area contributed by atoms with Gasteiger partial charge in [0, 0.05) is 10.6 Å². The van der Waals surface area contributed by atoms with Crippen LogP contribution in [-0.2, 0) is 0 Å². The van der Waals surface area contributed by atoms with Gasteiger partial charge in [0.1, 0.15) is 5.82 Å². The SMILES string of the molecule is N#CC(=Cc1cccc(F)c1)c1ccccc1Cl. The summed E-state index contributed by atoms with van der Waals surface area (Å²) in [6.45, 7) is 0. The maximum atomic E-state index is 13.1. The third-order valence-corrected chi connectivity index (χ3v) is 2.77. The lowest BCUT2D eigenvalue weighted by Crippen LogP contribution is -1.84. The summed E-state index contributed by atoms with van der Waals surface area (Å²) in [6, 6.07) is 15.2. The molecule has 0 radical (unpaired) electrons. The van der Waals surface area contributed by atoms with E-state index in [9.17, 15) is 4.39 Å². The fourth-order valence-corrected chi connectivity index (χ4v) is 1.85. The number of halogens is 2. The Morgan fingerprint density at radius 2 is 1.94 bits per heavy atom. The number of nitrogens with zero attached hydrogens (tertiary/aromatic N) is 1. The molecule has 0 saturated heterocycles. The molecule has 0 unspecified atom stereocenters. The lowest BCUT2D eigenvalue weighted by atomic mass is 10.0. The molecule has 0 N–H and O–H groups in total. The number of hydrogen-bond donors (Lipinski definition) is 0. The summed E-state index contributed by atoms with van der Waals surface area (Å²) >= 11 is 6.03. The first-order chi connectivity index (χ1) is 8.70. The van der Waals surface area contributed by atoms with Gasteiger partial charge < -0.3 is 0 Å². The number of benzene rings is 2. The Bertz CT molecular complexity index is 641. The maximum absolute atomic E-state index is 13.1. The Balaban J connectivity index is 2.48. The van der Waals surface area contributed by atoms with E-state index < -0.39 is 0 Å². The number of rotatable bonds is 2. The van der Waals surface area contributed by atoms with E-state index in [4.69, 9.17) is 16.9 Å². The van der Waals surface area contributed by atoms with Gasteiger partial charge in [-0.05, 0) is 29.8 Å². The Morgan fingerprint density at radius 1 is 1.17 bits per heavy atom. The van der Waals surface area contributed by atoms with Gasteiger partial charge in [-0.15, -0.1) is 0 Å². The lowest BCUT2D eigenvalue weighted by molar-refractivity contribution is 0.627. The molecule has 3 heteroatoms. The van der Waals surface area contributed by atoms with Crippen LogP contribution in [0.1, 0.15) is 11.1 Å². The van der Waals surface area contributed by atoms with E-state index in [1.54, 1.807) is 42.5 Å². The van der Waals surface area contributed by atoms with Gasteiger partial charge in [-0.1, -0.05) is 41.9 Å². The quantitative estimate of drug-likeness (QED) is 0.572. The zero-order chi connectivity index (χ0) is 13.0. The van der Waals surface area contributed by atoms with Gasteiger partial charge in [0.15, 0.2) is 0 Å². The van der Waals surface area contributed by atoms with E-state index in [-0.39, 0.29) is 5.82 Å². The van der Waals surface area contributed by atoms with Crippen molar-refractivity contribution in [2.75, 3.05) is 0 Å². The van der Waals surface area contributed by atoms with Gasteiger partial charge in [0.05, 0.1) is 11.6 Å². The highest BCUT2D eigenvalue weighted by Gasteiger charge is 2.05. The van der Waals surface area contributed by atoms with Crippen LogP contribution in [0.2, 0.25) is 5.02 Å². The van der Waals surface area contributed by atoms with Crippen molar-refractivity contribution in [3.05, 3.63) is 70.5 Å². The summed E-state index contributed by atoms with van der Waals surface area (Å²) in [5, 5.41) is 9.67. The van der Waals surface area contributed by atoms with Crippen LogP contribution in [0, 0.1) is 17.1 Å². The molecular formula is C15H9ClFN. The van der Waals surface area contributed by atoms with Crippen molar-refractivity contribution >= 4 is 23.3 Å². The summed E-state index contributed by atoms with van der Waals surface area (Å²) in [6.07, 6.45) is 1.62. The van der Waals surface area contributed by atoms with Gasteiger partial charge in [-0.2, -0.15) is 5.26 Å². The van der Waals surface area contributed by atoms with Gasteiger partial charge in [0.2, 0.25) is 0 Å². The summed E-state index contributed by atoms with van der Waals surface area (Å²) < 4.78 is 13.1. The van der Waals surface area contributed by atoms with Crippen LogP contribution in [0.4, 0.5) is 4.39 Å². The first-order valence-corrected chi connectivity index (χ1v) is 5.71. The molecular weight excluding hydrogens is 249 g/mol.